The first kappa shape index (κ1) is 22.6. The molecule has 29 heavy (non-hydrogen) atoms. The normalized spacial score (nSPS) is 14.1. The molecule has 1 saturated heterocycles. The average Bonchev–Trinajstić information content (AvgIpc) is 2.73. The smallest absolute Gasteiger partial charge is 0.262 e. The molecule has 2 N–H and O–H groups in total. The zero-order valence-corrected chi connectivity index (χ0v) is 17.0. The van der Waals surface area contributed by atoms with E-state index in [1.165, 1.54) is 12.1 Å². The van der Waals surface area contributed by atoms with Gasteiger partial charge in [-0.05, 0) is 44.2 Å². The number of piperidine rings is 1. The highest BCUT2D eigenvalue weighted by molar-refractivity contribution is 5.97. The van der Waals surface area contributed by atoms with Crippen molar-refractivity contribution in [2.75, 3.05) is 32.1 Å². The molecule has 8 heteroatoms. The molecule has 2 aromatic carbocycles. The first-order valence-electron chi connectivity index (χ1n) is 9.31. The van der Waals surface area contributed by atoms with Gasteiger partial charge in [-0.2, -0.15) is 0 Å². The Balaban J connectivity index is 0.00000300. The van der Waals surface area contributed by atoms with Gasteiger partial charge >= 0.3 is 0 Å². The van der Waals surface area contributed by atoms with Gasteiger partial charge in [0.15, 0.2) is 6.61 Å². The second kappa shape index (κ2) is 10.8. The number of likely N-dealkylation sites (tertiary alicyclic amines) is 1. The lowest BCUT2D eigenvalue weighted by molar-refractivity contribution is -0.118. The molecule has 0 unspecified atom stereocenters. The monoisotopic (exact) mass is 421 g/mol. The van der Waals surface area contributed by atoms with Crippen molar-refractivity contribution >= 4 is 29.9 Å². The summed E-state index contributed by atoms with van der Waals surface area (Å²) in [5, 5.41) is 5.70. The van der Waals surface area contributed by atoms with Crippen LogP contribution in [-0.2, 0) is 4.79 Å². The van der Waals surface area contributed by atoms with E-state index in [1.807, 2.05) is 7.05 Å². The molecule has 156 valence electrons. The second-order valence-corrected chi connectivity index (χ2v) is 6.67. The Morgan fingerprint density at radius 2 is 1.76 bits per heavy atom. The number of rotatable bonds is 6. The van der Waals surface area contributed by atoms with Crippen LogP contribution in [0.25, 0.3) is 0 Å². The topological polar surface area (TPSA) is 70.7 Å². The lowest BCUT2D eigenvalue weighted by Gasteiger charge is -2.32. The number of carbonyl (C=O) groups is 2. The molecule has 2 amide bonds. The number of hydrogen-bond donors (Lipinski definition) is 2. The Hall–Kier alpha value is -2.64. The van der Waals surface area contributed by atoms with Crippen molar-refractivity contribution < 1.29 is 18.7 Å². The fourth-order valence-corrected chi connectivity index (χ4v) is 3.20. The van der Waals surface area contributed by atoms with E-state index < -0.39 is 11.7 Å². The fourth-order valence-electron chi connectivity index (χ4n) is 3.20. The van der Waals surface area contributed by atoms with E-state index in [9.17, 15) is 14.0 Å². The van der Waals surface area contributed by atoms with Crippen LogP contribution in [0.4, 0.5) is 10.1 Å². The van der Waals surface area contributed by atoms with Crippen LogP contribution in [0.15, 0.2) is 48.5 Å². The molecular weight excluding hydrogens is 397 g/mol. The predicted molar refractivity (Wildman–Crippen MR) is 112 cm³/mol. The lowest BCUT2D eigenvalue weighted by Crippen LogP contribution is -2.44. The summed E-state index contributed by atoms with van der Waals surface area (Å²) in [4.78, 5) is 26.8. The van der Waals surface area contributed by atoms with Crippen LogP contribution < -0.4 is 15.4 Å². The maximum Gasteiger partial charge on any atom is 0.262 e. The molecule has 0 aromatic heterocycles. The van der Waals surface area contributed by atoms with E-state index in [-0.39, 0.29) is 30.6 Å². The number of nitrogens with zero attached hydrogens (tertiary/aromatic N) is 1. The number of hydrogen-bond acceptors (Lipinski definition) is 4. The van der Waals surface area contributed by atoms with Gasteiger partial charge in [0, 0.05) is 19.1 Å². The Morgan fingerprint density at radius 1 is 1.10 bits per heavy atom. The van der Waals surface area contributed by atoms with Crippen molar-refractivity contribution in [1.29, 1.82) is 0 Å². The summed E-state index contributed by atoms with van der Waals surface area (Å²) in [5.74, 6) is -0.787. The van der Waals surface area contributed by atoms with Crippen LogP contribution in [0.3, 0.4) is 0 Å². The van der Waals surface area contributed by atoms with Gasteiger partial charge in [0.2, 0.25) is 0 Å². The molecule has 6 nitrogen and oxygen atoms in total. The third-order valence-corrected chi connectivity index (χ3v) is 4.81. The van der Waals surface area contributed by atoms with Crippen LogP contribution in [0.2, 0.25) is 0 Å². The van der Waals surface area contributed by atoms with Gasteiger partial charge in [-0.3, -0.25) is 9.59 Å². The molecule has 1 aliphatic rings. The van der Waals surface area contributed by atoms with Crippen LogP contribution >= 0.6 is 12.4 Å². The molecule has 0 aliphatic carbocycles. The van der Waals surface area contributed by atoms with Crippen molar-refractivity contribution in [3.05, 3.63) is 59.9 Å². The third-order valence-electron chi connectivity index (χ3n) is 4.81. The quantitative estimate of drug-likeness (QED) is 0.752. The summed E-state index contributed by atoms with van der Waals surface area (Å²) in [6.07, 6.45) is 1.80. The number of ether oxygens (including phenoxy) is 1. The van der Waals surface area contributed by atoms with Crippen LogP contribution in [0.1, 0.15) is 23.2 Å². The summed E-state index contributed by atoms with van der Waals surface area (Å²) in [7, 11) is 1.93. The number of carbonyl (C=O) groups excluding carboxylic acids is 2. The van der Waals surface area contributed by atoms with E-state index in [0.717, 1.165) is 12.8 Å². The molecule has 0 bridgehead atoms. The van der Waals surface area contributed by atoms with Gasteiger partial charge in [0.25, 0.3) is 11.8 Å². The molecule has 1 fully saturated rings. The SMILES string of the molecule is CNC1CCN(C(=O)c2ccccc2OCC(=O)Nc2ccccc2F)CC1.Cl. The molecule has 1 aliphatic heterocycles. The fraction of sp³-hybridized carbons (Fsp3) is 0.333. The van der Waals surface area contributed by atoms with Crippen LogP contribution in [-0.4, -0.2) is 49.5 Å². The maximum atomic E-state index is 13.6. The lowest BCUT2D eigenvalue weighted by atomic mass is 10.0. The molecule has 2 aromatic rings. The number of benzene rings is 2. The second-order valence-electron chi connectivity index (χ2n) is 6.67. The summed E-state index contributed by atoms with van der Waals surface area (Å²) in [5.41, 5.74) is 0.511. The molecule has 0 spiro atoms. The minimum Gasteiger partial charge on any atom is -0.483 e. The molecule has 0 atom stereocenters. The molecular formula is C21H25ClFN3O3. The number of nitrogens with one attached hydrogen (secondary N) is 2. The van der Waals surface area contributed by atoms with E-state index in [4.69, 9.17) is 4.74 Å². The van der Waals surface area contributed by atoms with Gasteiger partial charge in [-0.15, -0.1) is 12.4 Å². The molecule has 1 heterocycles. The zero-order valence-electron chi connectivity index (χ0n) is 16.2. The Kier molecular flexibility index (Phi) is 8.42. The van der Waals surface area contributed by atoms with Crippen LogP contribution in [0.5, 0.6) is 5.75 Å². The van der Waals surface area contributed by atoms with Crippen molar-refractivity contribution in [3.63, 3.8) is 0 Å². The minimum absolute atomic E-state index is 0. The maximum absolute atomic E-state index is 13.6. The molecule has 0 radical (unpaired) electrons. The Bertz CT molecular complexity index is 841. The highest BCUT2D eigenvalue weighted by atomic mass is 35.5. The summed E-state index contributed by atoms with van der Waals surface area (Å²) < 4.78 is 19.2. The van der Waals surface area contributed by atoms with Crippen LogP contribution in [0, 0.1) is 5.82 Å². The molecule has 0 saturated carbocycles. The predicted octanol–water partition coefficient (Wildman–Crippen LogP) is 3.09. The van der Waals surface area contributed by atoms with E-state index >= 15 is 0 Å². The highest BCUT2D eigenvalue weighted by Gasteiger charge is 2.24. The van der Waals surface area contributed by atoms with Gasteiger partial charge in [0.05, 0.1) is 11.3 Å². The molecule has 3 rings (SSSR count). The number of para-hydroxylation sites is 2. The van der Waals surface area contributed by atoms with Crippen molar-refractivity contribution in [1.82, 2.24) is 10.2 Å². The first-order chi connectivity index (χ1) is 13.6. The van der Waals surface area contributed by atoms with Gasteiger partial charge < -0.3 is 20.3 Å². The summed E-state index contributed by atoms with van der Waals surface area (Å²) in [6, 6.07) is 13.2. The van der Waals surface area contributed by atoms with Gasteiger partial charge in [-0.1, -0.05) is 24.3 Å². The standard InChI is InChI=1S/C21H24FN3O3.ClH/c1-23-15-10-12-25(13-11-15)21(27)16-6-2-5-9-19(16)28-14-20(26)24-18-8-4-3-7-17(18)22;/h2-9,15,23H,10-14H2,1H3,(H,24,26);1H. The van der Waals surface area contributed by atoms with Gasteiger partial charge in [0.1, 0.15) is 11.6 Å². The van der Waals surface area contributed by atoms with Crippen molar-refractivity contribution in [2.24, 2.45) is 0 Å². The van der Waals surface area contributed by atoms with Crippen molar-refractivity contribution in [3.8, 4) is 5.75 Å². The highest BCUT2D eigenvalue weighted by Crippen LogP contribution is 2.22. The van der Waals surface area contributed by atoms with Crippen molar-refractivity contribution in [2.45, 2.75) is 18.9 Å². The number of amides is 2. The first-order valence-corrected chi connectivity index (χ1v) is 9.31. The zero-order chi connectivity index (χ0) is 19.9. The summed E-state index contributed by atoms with van der Waals surface area (Å²) >= 11 is 0. The number of halogens is 2. The third kappa shape index (κ3) is 5.92. The minimum atomic E-state index is -0.517. The number of anilines is 1. The average molecular weight is 422 g/mol. The van der Waals surface area contributed by atoms with E-state index in [0.29, 0.717) is 30.4 Å². The Morgan fingerprint density at radius 3 is 2.45 bits per heavy atom. The Labute approximate surface area is 175 Å². The van der Waals surface area contributed by atoms with E-state index in [1.54, 1.807) is 41.3 Å². The largest absolute Gasteiger partial charge is 0.483 e. The van der Waals surface area contributed by atoms with E-state index in [2.05, 4.69) is 10.6 Å². The summed E-state index contributed by atoms with van der Waals surface area (Å²) in [6.45, 7) is 1.03. The van der Waals surface area contributed by atoms with Gasteiger partial charge in [-0.25, -0.2) is 4.39 Å².